The van der Waals surface area contributed by atoms with E-state index in [0.29, 0.717) is 36.1 Å². The maximum atomic E-state index is 13.6. The van der Waals surface area contributed by atoms with Crippen molar-refractivity contribution in [3.8, 4) is 11.3 Å². The van der Waals surface area contributed by atoms with E-state index in [-0.39, 0.29) is 40.0 Å². The van der Waals surface area contributed by atoms with Gasteiger partial charge in [-0.3, -0.25) is 9.59 Å². The van der Waals surface area contributed by atoms with Crippen molar-refractivity contribution in [3.63, 3.8) is 0 Å². The fourth-order valence-electron chi connectivity index (χ4n) is 4.21. The molecule has 1 fully saturated rings. The molecule has 0 spiro atoms. The topological polar surface area (TPSA) is 84.7 Å². The summed E-state index contributed by atoms with van der Waals surface area (Å²) >= 11 is 0. The maximum Gasteiger partial charge on any atom is 0.257 e. The number of rotatable bonds is 5. The first kappa shape index (κ1) is 21.3. The lowest BCUT2D eigenvalue weighted by atomic mass is 10.0. The molecule has 1 unspecified atom stereocenters. The van der Waals surface area contributed by atoms with Crippen LogP contribution in [0.1, 0.15) is 35.7 Å². The highest BCUT2D eigenvalue weighted by Gasteiger charge is 2.35. The second-order valence-electron chi connectivity index (χ2n) is 7.99. The molecular weight excluding hydrogens is 414 g/mol. The van der Waals surface area contributed by atoms with Crippen LogP contribution in [-0.4, -0.2) is 43.3 Å². The van der Waals surface area contributed by atoms with Crippen molar-refractivity contribution in [3.05, 3.63) is 69.9 Å². The molecule has 1 aliphatic rings. The zero-order valence-electron chi connectivity index (χ0n) is 17.6. The van der Waals surface area contributed by atoms with Gasteiger partial charge in [-0.1, -0.05) is 43.3 Å². The van der Waals surface area contributed by atoms with Crippen LogP contribution >= 0.6 is 0 Å². The SMILES string of the molecule is CCCN(C(=O)c1cccc2c(=O)c(C)c(-c3ccccc3)oc12)C1CCS(=O)(=O)C1. The molecule has 2 aromatic carbocycles. The number of nitrogens with zero attached hydrogens (tertiary/aromatic N) is 1. The monoisotopic (exact) mass is 439 g/mol. The molecule has 7 heteroatoms. The standard InChI is InChI=1S/C24H25NO5S/c1-3-13-25(18-12-14-31(28,29)15-18)24(27)20-11-7-10-19-21(26)16(2)22(30-23(19)20)17-8-5-4-6-9-17/h4-11,18H,3,12-15H2,1-2H3. The van der Waals surface area contributed by atoms with Crippen molar-refractivity contribution in [2.75, 3.05) is 18.1 Å². The summed E-state index contributed by atoms with van der Waals surface area (Å²) in [6.45, 7) is 4.11. The third-order valence-corrected chi connectivity index (χ3v) is 7.54. The van der Waals surface area contributed by atoms with Crippen LogP contribution in [0.5, 0.6) is 0 Å². The number of hydrogen-bond donors (Lipinski definition) is 0. The van der Waals surface area contributed by atoms with Crippen LogP contribution in [0.15, 0.2) is 57.7 Å². The summed E-state index contributed by atoms with van der Waals surface area (Å²) < 4.78 is 30.2. The van der Waals surface area contributed by atoms with E-state index < -0.39 is 9.84 Å². The summed E-state index contributed by atoms with van der Waals surface area (Å²) in [4.78, 5) is 28.3. The van der Waals surface area contributed by atoms with Gasteiger partial charge in [-0.2, -0.15) is 0 Å². The Labute approximate surface area is 181 Å². The van der Waals surface area contributed by atoms with Crippen molar-refractivity contribution < 1.29 is 17.6 Å². The fraction of sp³-hybridized carbons (Fsp3) is 0.333. The summed E-state index contributed by atoms with van der Waals surface area (Å²) in [7, 11) is -3.14. The van der Waals surface area contributed by atoms with E-state index in [1.165, 1.54) is 0 Å². The molecular formula is C24H25NO5S. The predicted molar refractivity (Wildman–Crippen MR) is 121 cm³/mol. The fourth-order valence-corrected chi connectivity index (χ4v) is 5.94. The van der Waals surface area contributed by atoms with Crippen LogP contribution in [0.2, 0.25) is 0 Å². The third-order valence-electron chi connectivity index (χ3n) is 5.79. The Bertz CT molecular complexity index is 1290. The van der Waals surface area contributed by atoms with Gasteiger partial charge < -0.3 is 9.32 Å². The Morgan fingerprint density at radius 3 is 2.52 bits per heavy atom. The first-order chi connectivity index (χ1) is 14.8. The summed E-state index contributed by atoms with van der Waals surface area (Å²) in [6.07, 6.45) is 1.13. The molecule has 2 heterocycles. The van der Waals surface area contributed by atoms with E-state index in [1.54, 1.807) is 30.0 Å². The molecule has 1 aromatic heterocycles. The van der Waals surface area contributed by atoms with Crippen LogP contribution in [0.25, 0.3) is 22.3 Å². The highest BCUT2D eigenvalue weighted by atomic mass is 32.2. The average Bonchev–Trinajstić information content (AvgIpc) is 3.13. The van der Waals surface area contributed by atoms with Gasteiger partial charge >= 0.3 is 0 Å². The van der Waals surface area contributed by atoms with Crippen LogP contribution in [0.4, 0.5) is 0 Å². The van der Waals surface area contributed by atoms with Gasteiger partial charge in [0.2, 0.25) is 0 Å². The molecule has 1 saturated heterocycles. The minimum absolute atomic E-state index is 0.0260. The second-order valence-corrected chi connectivity index (χ2v) is 10.2. The van der Waals surface area contributed by atoms with Gasteiger partial charge in [-0.05, 0) is 31.9 Å². The highest BCUT2D eigenvalue weighted by molar-refractivity contribution is 7.91. The Morgan fingerprint density at radius 2 is 1.87 bits per heavy atom. The van der Waals surface area contributed by atoms with Crippen LogP contribution in [0.3, 0.4) is 0 Å². The quantitative estimate of drug-likeness (QED) is 0.604. The summed E-state index contributed by atoms with van der Waals surface area (Å²) in [5, 5.41) is 0.346. The smallest absolute Gasteiger partial charge is 0.257 e. The van der Waals surface area contributed by atoms with Crippen LogP contribution in [-0.2, 0) is 9.84 Å². The minimum Gasteiger partial charge on any atom is -0.455 e. The molecule has 0 bridgehead atoms. The van der Waals surface area contributed by atoms with E-state index in [9.17, 15) is 18.0 Å². The van der Waals surface area contributed by atoms with Crippen molar-refractivity contribution in [1.29, 1.82) is 0 Å². The van der Waals surface area contributed by atoms with Crippen molar-refractivity contribution in [2.24, 2.45) is 0 Å². The molecule has 162 valence electrons. The third kappa shape index (κ3) is 4.02. The molecule has 1 amide bonds. The Balaban J connectivity index is 1.86. The van der Waals surface area contributed by atoms with E-state index in [4.69, 9.17) is 4.42 Å². The van der Waals surface area contributed by atoms with Gasteiger partial charge in [0, 0.05) is 23.7 Å². The number of para-hydroxylation sites is 1. The lowest BCUT2D eigenvalue weighted by molar-refractivity contribution is 0.0698. The molecule has 1 atom stereocenters. The summed E-state index contributed by atoms with van der Waals surface area (Å²) in [6, 6.07) is 13.9. The van der Waals surface area contributed by atoms with Gasteiger partial charge in [0.25, 0.3) is 5.91 Å². The lowest BCUT2D eigenvalue weighted by Gasteiger charge is -2.28. The lowest BCUT2D eigenvalue weighted by Crippen LogP contribution is -2.41. The zero-order chi connectivity index (χ0) is 22.2. The number of hydrogen-bond acceptors (Lipinski definition) is 5. The molecule has 0 saturated carbocycles. The van der Waals surface area contributed by atoms with E-state index >= 15 is 0 Å². The molecule has 0 radical (unpaired) electrons. The minimum atomic E-state index is -3.14. The van der Waals surface area contributed by atoms with Crippen molar-refractivity contribution >= 4 is 26.7 Å². The Kier molecular flexibility index (Phi) is 5.71. The van der Waals surface area contributed by atoms with Crippen LogP contribution < -0.4 is 5.43 Å². The van der Waals surface area contributed by atoms with Crippen LogP contribution in [0, 0.1) is 6.92 Å². The molecule has 31 heavy (non-hydrogen) atoms. The second kappa shape index (κ2) is 8.30. The molecule has 1 aliphatic heterocycles. The first-order valence-electron chi connectivity index (χ1n) is 10.5. The largest absolute Gasteiger partial charge is 0.455 e. The number of carbonyl (C=O) groups is 1. The van der Waals surface area contributed by atoms with Crippen molar-refractivity contribution in [1.82, 2.24) is 4.90 Å². The summed E-state index contributed by atoms with van der Waals surface area (Å²) in [5.41, 5.74) is 1.58. The first-order valence-corrected chi connectivity index (χ1v) is 12.3. The number of fused-ring (bicyclic) bond motifs is 1. The number of benzene rings is 2. The van der Waals surface area contributed by atoms with Gasteiger partial charge in [0.05, 0.1) is 22.5 Å². The predicted octanol–water partition coefficient (Wildman–Crippen LogP) is 3.81. The maximum absolute atomic E-state index is 13.6. The number of amides is 1. The normalized spacial score (nSPS) is 17.7. The van der Waals surface area contributed by atoms with Crippen molar-refractivity contribution in [2.45, 2.75) is 32.7 Å². The molecule has 6 nitrogen and oxygen atoms in total. The van der Waals surface area contributed by atoms with E-state index in [2.05, 4.69) is 0 Å². The van der Waals surface area contributed by atoms with Gasteiger partial charge in [0.1, 0.15) is 5.76 Å². The molecule has 4 rings (SSSR count). The van der Waals surface area contributed by atoms with E-state index in [0.717, 1.165) is 5.56 Å². The molecule has 0 N–H and O–H groups in total. The number of carbonyl (C=O) groups excluding carboxylic acids is 1. The molecule has 0 aliphatic carbocycles. The van der Waals surface area contributed by atoms with Gasteiger partial charge in [0.15, 0.2) is 20.8 Å². The average molecular weight is 440 g/mol. The van der Waals surface area contributed by atoms with E-state index in [1.807, 2.05) is 37.3 Å². The van der Waals surface area contributed by atoms with Gasteiger partial charge in [-0.15, -0.1) is 0 Å². The Hall–Kier alpha value is -2.93. The van der Waals surface area contributed by atoms with Gasteiger partial charge in [-0.25, -0.2) is 8.42 Å². The number of sulfone groups is 1. The molecule has 3 aromatic rings. The zero-order valence-corrected chi connectivity index (χ0v) is 18.4. The summed E-state index contributed by atoms with van der Waals surface area (Å²) in [5.74, 6) is 0.194. The highest BCUT2D eigenvalue weighted by Crippen LogP contribution is 2.29. The Morgan fingerprint density at radius 1 is 1.13 bits per heavy atom.